The maximum atomic E-state index is 14.4. The van der Waals surface area contributed by atoms with Gasteiger partial charge >= 0.3 is 5.97 Å². The van der Waals surface area contributed by atoms with Crippen molar-refractivity contribution in [1.82, 2.24) is 4.98 Å². The zero-order valence-corrected chi connectivity index (χ0v) is 16.4. The molecule has 1 heterocycles. The Hall–Kier alpha value is -3.21. The van der Waals surface area contributed by atoms with Gasteiger partial charge in [-0.2, -0.15) is 0 Å². The zero-order chi connectivity index (χ0) is 20.5. The molecule has 1 aromatic heterocycles. The summed E-state index contributed by atoms with van der Waals surface area (Å²) in [5.41, 5.74) is 6.62. The number of hydrogen-bond donors (Lipinski definition) is 2. The van der Waals surface area contributed by atoms with Crippen LogP contribution in [0.4, 0.5) is 10.1 Å². The second kappa shape index (κ2) is 7.66. The van der Waals surface area contributed by atoms with E-state index >= 15 is 0 Å². The van der Waals surface area contributed by atoms with Gasteiger partial charge < -0.3 is 10.4 Å². The molecule has 0 saturated heterocycles. The molecule has 29 heavy (non-hydrogen) atoms. The van der Waals surface area contributed by atoms with Crippen LogP contribution in [-0.4, -0.2) is 16.1 Å². The van der Waals surface area contributed by atoms with Crippen molar-refractivity contribution in [1.29, 1.82) is 0 Å². The van der Waals surface area contributed by atoms with E-state index in [1.165, 1.54) is 6.07 Å². The summed E-state index contributed by atoms with van der Waals surface area (Å²) in [5, 5.41) is 12.3. The van der Waals surface area contributed by atoms with Gasteiger partial charge in [-0.05, 0) is 66.8 Å². The lowest BCUT2D eigenvalue weighted by Gasteiger charge is -2.13. The first kappa shape index (κ1) is 19.1. The van der Waals surface area contributed by atoms with Gasteiger partial charge in [0.2, 0.25) is 0 Å². The Kier molecular flexibility index (Phi) is 5.05. The molecular weight excluding hydrogens is 367 g/mol. The Morgan fingerprint density at radius 2 is 1.93 bits per heavy atom. The summed E-state index contributed by atoms with van der Waals surface area (Å²) >= 11 is 0. The number of carboxylic acids is 1. The van der Waals surface area contributed by atoms with E-state index in [0.29, 0.717) is 18.5 Å². The summed E-state index contributed by atoms with van der Waals surface area (Å²) in [6, 6.07) is 15.1. The molecule has 5 heteroatoms. The topological polar surface area (TPSA) is 62.2 Å². The molecule has 3 aromatic rings. The minimum atomic E-state index is -0.766. The SMILES string of the molecule is Cc1cccc(C)c1-c1ccc(F)c(CNc2ccc([C@H]3C[C@@H]3C(=O)O)nc2)c1. The van der Waals surface area contributed by atoms with Crippen LogP contribution in [0.3, 0.4) is 0 Å². The Labute approximate surface area is 169 Å². The summed E-state index contributed by atoms with van der Waals surface area (Å²) in [7, 11) is 0. The number of nitrogens with zero attached hydrogens (tertiary/aromatic N) is 1. The number of aromatic nitrogens is 1. The minimum Gasteiger partial charge on any atom is -0.481 e. The van der Waals surface area contributed by atoms with Gasteiger partial charge in [0, 0.05) is 23.7 Å². The number of aryl methyl sites for hydroxylation is 2. The van der Waals surface area contributed by atoms with Gasteiger partial charge in [-0.1, -0.05) is 24.3 Å². The summed E-state index contributed by atoms with van der Waals surface area (Å²) in [4.78, 5) is 15.4. The predicted molar refractivity (Wildman–Crippen MR) is 111 cm³/mol. The monoisotopic (exact) mass is 390 g/mol. The van der Waals surface area contributed by atoms with Crippen molar-refractivity contribution >= 4 is 11.7 Å². The van der Waals surface area contributed by atoms with Crippen LogP contribution in [0.2, 0.25) is 0 Å². The molecule has 2 atom stereocenters. The molecule has 4 nitrogen and oxygen atoms in total. The highest BCUT2D eigenvalue weighted by atomic mass is 19.1. The summed E-state index contributed by atoms with van der Waals surface area (Å²) in [6.07, 6.45) is 2.32. The summed E-state index contributed by atoms with van der Waals surface area (Å²) in [6.45, 7) is 4.46. The van der Waals surface area contributed by atoms with Crippen molar-refractivity contribution in [3.8, 4) is 11.1 Å². The molecule has 4 rings (SSSR count). The van der Waals surface area contributed by atoms with Gasteiger partial charge in [0.05, 0.1) is 17.8 Å². The molecule has 0 unspecified atom stereocenters. The van der Waals surface area contributed by atoms with Gasteiger partial charge in [0.1, 0.15) is 5.82 Å². The van der Waals surface area contributed by atoms with E-state index in [9.17, 15) is 9.18 Å². The number of hydrogen-bond acceptors (Lipinski definition) is 3. The Morgan fingerprint density at radius 3 is 2.55 bits per heavy atom. The van der Waals surface area contributed by atoms with Crippen molar-refractivity contribution in [2.24, 2.45) is 5.92 Å². The van der Waals surface area contributed by atoms with Gasteiger partial charge in [-0.3, -0.25) is 9.78 Å². The van der Waals surface area contributed by atoms with Crippen LogP contribution in [0.1, 0.15) is 34.7 Å². The normalized spacial score (nSPS) is 17.8. The molecule has 1 aliphatic rings. The molecule has 0 bridgehead atoms. The molecule has 0 aliphatic heterocycles. The van der Waals surface area contributed by atoms with E-state index < -0.39 is 5.97 Å². The van der Waals surface area contributed by atoms with Crippen molar-refractivity contribution < 1.29 is 14.3 Å². The Balaban J connectivity index is 1.48. The number of nitrogens with one attached hydrogen (secondary N) is 1. The zero-order valence-electron chi connectivity index (χ0n) is 16.4. The highest BCUT2D eigenvalue weighted by Crippen LogP contribution is 2.46. The number of rotatable bonds is 6. The predicted octanol–water partition coefficient (Wildman–Crippen LogP) is 5.30. The smallest absolute Gasteiger partial charge is 0.307 e. The molecule has 2 N–H and O–H groups in total. The summed E-state index contributed by atoms with van der Waals surface area (Å²) in [5.74, 6) is -1.33. The van der Waals surface area contributed by atoms with Crippen molar-refractivity contribution in [3.63, 3.8) is 0 Å². The lowest BCUT2D eigenvalue weighted by atomic mass is 9.94. The standard InChI is InChI=1S/C24H23FN2O2/c1-14-4-3-5-15(2)23(14)16-6-8-21(25)17(10-16)12-26-18-7-9-22(27-13-18)19-11-20(19)24(28)29/h3-10,13,19-20,26H,11-12H2,1-2H3,(H,28,29)/t19-,20-/m0/s1. The summed E-state index contributed by atoms with van der Waals surface area (Å²) < 4.78 is 14.4. The Morgan fingerprint density at radius 1 is 1.17 bits per heavy atom. The molecule has 0 radical (unpaired) electrons. The minimum absolute atomic E-state index is 0.00743. The number of anilines is 1. The fourth-order valence-electron chi connectivity index (χ4n) is 3.86. The van der Waals surface area contributed by atoms with Crippen LogP contribution in [0.5, 0.6) is 0 Å². The number of pyridine rings is 1. The van der Waals surface area contributed by atoms with Crippen molar-refractivity contribution in [2.75, 3.05) is 5.32 Å². The van der Waals surface area contributed by atoms with Crippen LogP contribution in [-0.2, 0) is 11.3 Å². The Bertz CT molecular complexity index is 1040. The van der Waals surface area contributed by atoms with Crippen LogP contribution in [0.25, 0.3) is 11.1 Å². The van der Waals surface area contributed by atoms with E-state index in [2.05, 4.69) is 36.3 Å². The maximum Gasteiger partial charge on any atom is 0.307 e. The molecule has 1 aliphatic carbocycles. The first-order chi connectivity index (χ1) is 13.9. The van der Waals surface area contributed by atoms with E-state index in [1.807, 2.05) is 30.3 Å². The fraction of sp³-hybridized carbons (Fsp3) is 0.250. The van der Waals surface area contributed by atoms with E-state index in [4.69, 9.17) is 5.11 Å². The largest absolute Gasteiger partial charge is 0.481 e. The molecule has 2 aromatic carbocycles. The first-order valence-electron chi connectivity index (χ1n) is 9.71. The van der Waals surface area contributed by atoms with Crippen LogP contribution in [0.15, 0.2) is 54.7 Å². The van der Waals surface area contributed by atoms with Crippen LogP contribution >= 0.6 is 0 Å². The maximum absolute atomic E-state index is 14.4. The number of benzene rings is 2. The third kappa shape index (κ3) is 3.99. The van der Waals surface area contributed by atoms with Gasteiger partial charge in [-0.25, -0.2) is 4.39 Å². The average molecular weight is 390 g/mol. The van der Waals surface area contributed by atoms with Crippen molar-refractivity contribution in [2.45, 2.75) is 32.7 Å². The van der Waals surface area contributed by atoms with Crippen LogP contribution < -0.4 is 5.32 Å². The molecular formula is C24H23FN2O2. The highest BCUT2D eigenvalue weighted by molar-refractivity contribution is 5.75. The lowest BCUT2D eigenvalue weighted by molar-refractivity contribution is -0.138. The highest BCUT2D eigenvalue weighted by Gasteiger charge is 2.45. The molecule has 0 spiro atoms. The van der Waals surface area contributed by atoms with E-state index in [1.54, 1.807) is 6.20 Å². The van der Waals surface area contributed by atoms with Gasteiger partial charge in [-0.15, -0.1) is 0 Å². The second-order valence-electron chi connectivity index (χ2n) is 7.69. The first-order valence-corrected chi connectivity index (χ1v) is 9.71. The third-order valence-electron chi connectivity index (χ3n) is 5.57. The third-order valence-corrected chi connectivity index (χ3v) is 5.57. The number of carbonyl (C=O) groups is 1. The molecule has 0 amide bonds. The van der Waals surface area contributed by atoms with Gasteiger partial charge in [0.25, 0.3) is 0 Å². The average Bonchev–Trinajstić information content (AvgIpc) is 3.50. The number of carboxylic acid groups (broad SMARTS) is 1. The van der Waals surface area contributed by atoms with Crippen LogP contribution in [0, 0.1) is 25.6 Å². The quantitative estimate of drug-likeness (QED) is 0.599. The lowest BCUT2D eigenvalue weighted by Crippen LogP contribution is -2.04. The van der Waals surface area contributed by atoms with Crippen molar-refractivity contribution in [3.05, 3.63) is 82.9 Å². The second-order valence-corrected chi connectivity index (χ2v) is 7.69. The van der Waals surface area contributed by atoms with E-state index in [-0.39, 0.29) is 17.7 Å². The van der Waals surface area contributed by atoms with Gasteiger partial charge in [0.15, 0.2) is 0 Å². The molecule has 1 fully saturated rings. The molecule has 148 valence electrons. The van der Waals surface area contributed by atoms with E-state index in [0.717, 1.165) is 33.6 Å². The fourth-order valence-corrected chi connectivity index (χ4v) is 3.86. The number of aliphatic carboxylic acids is 1. The number of halogens is 1. The molecule has 1 saturated carbocycles.